The van der Waals surface area contributed by atoms with Gasteiger partial charge in [0.2, 0.25) is 0 Å². The molecule has 1 fully saturated rings. The van der Waals surface area contributed by atoms with Crippen molar-refractivity contribution < 1.29 is 5.11 Å². The Morgan fingerprint density at radius 2 is 2.12 bits per heavy atom. The summed E-state index contributed by atoms with van der Waals surface area (Å²) in [4.78, 5) is 2.79. The van der Waals surface area contributed by atoms with Crippen molar-refractivity contribution in [2.45, 2.75) is 58.5 Å². The third kappa shape index (κ3) is 3.56. The normalized spacial score (nSPS) is 27.0. The largest absolute Gasteiger partial charge is 0.392 e. The maximum absolute atomic E-state index is 10.3. The summed E-state index contributed by atoms with van der Waals surface area (Å²) in [6.07, 6.45) is 6.94. The van der Waals surface area contributed by atoms with E-state index >= 15 is 0 Å². The molecule has 1 aromatic heterocycles. The molecule has 0 bridgehead atoms. The van der Waals surface area contributed by atoms with E-state index in [0.717, 1.165) is 18.8 Å². The van der Waals surface area contributed by atoms with Gasteiger partial charge in [0.25, 0.3) is 0 Å². The number of hydrogen-bond donors (Lipinski definition) is 1. The zero-order valence-electron chi connectivity index (χ0n) is 11.0. The summed E-state index contributed by atoms with van der Waals surface area (Å²) in [5, 5.41) is 10.3. The zero-order valence-corrected chi connectivity index (χ0v) is 11.8. The number of hydrogen-bond acceptors (Lipinski definition) is 2. The highest BCUT2D eigenvalue weighted by Crippen LogP contribution is 2.32. The molecule has 96 valence electrons. The van der Waals surface area contributed by atoms with Gasteiger partial charge in [0.1, 0.15) is 0 Å². The van der Waals surface area contributed by atoms with Crippen LogP contribution in [0, 0.1) is 11.8 Å². The van der Waals surface area contributed by atoms with Gasteiger partial charge in [0.05, 0.1) is 6.10 Å². The Bertz CT molecular complexity index is 344. The molecule has 2 heteroatoms. The molecule has 0 aromatic carbocycles. The van der Waals surface area contributed by atoms with Crippen LogP contribution < -0.4 is 0 Å². The second-order valence-corrected chi connectivity index (χ2v) is 6.78. The molecule has 17 heavy (non-hydrogen) atoms. The molecule has 0 spiro atoms. The highest BCUT2D eigenvalue weighted by molar-refractivity contribution is 7.11. The predicted molar refractivity (Wildman–Crippen MR) is 74.5 cm³/mol. The molecule has 1 heterocycles. The predicted octanol–water partition coefficient (Wildman–Crippen LogP) is 4.04. The van der Waals surface area contributed by atoms with E-state index in [4.69, 9.17) is 0 Å². The van der Waals surface area contributed by atoms with Crippen LogP contribution in [0.25, 0.3) is 0 Å². The highest BCUT2D eigenvalue weighted by atomic mass is 32.1. The minimum atomic E-state index is -0.124. The molecule has 0 saturated heterocycles. The monoisotopic (exact) mass is 252 g/mol. The van der Waals surface area contributed by atoms with Crippen LogP contribution in [0.5, 0.6) is 0 Å². The standard InChI is InChI=1S/C15H24OS/c1-3-13-7-8-14(17-13)10-15(16)12-6-4-5-11(2)9-12/h7-8,11-12,15-16H,3-6,9-10H2,1-2H3. The summed E-state index contributed by atoms with van der Waals surface area (Å²) < 4.78 is 0. The van der Waals surface area contributed by atoms with E-state index in [-0.39, 0.29) is 6.10 Å². The van der Waals surface area contributed by atoms with Gasteiger partial charge in [-0.25, -0.2) is 0 Å². The Balaban J connectivity index is 1.89. The summed E-state index contributed by atoms with van der Waals surface area (Å²) in [6.45, 7) is 4.51. The summed E-state index contributed by atoms with van der Waals surface area (Å²) >= 11 is 1.87. The maximum atomic E-state index is 10.3. The number of aliphatic hydroxyl groups is 1. The quantitative estimate of drug-likeness (QED) is 0.857. The molecule has 3 atom stereocenters. The van der Waals surface area contributed by atoms with Crippen LogP contribution in [0.1, 0.15) is 49.3 Å². The Labute approximate surface area is 109 Å². The minimum absolute atomic E-state index is 0.124. The lowest BCUT2D eigenvalue weighted by Crippen LogP contribution is -2.27. The van der Waals surface area contributed by atoms with Gasteiger partial charge in [-0.05, 0) is 43.2 Å². The van der Waals surface area contributed by atoms with Gasteiger partial charge in [0.15, 0.2) is 0 Å². The molecule has 1 N–H and O–H groups in total. The lowest BCUT2D eigenvalue weighted by molar-refractivity contribution is 0.0726. The van der Waals surface area contributed by atoms with Crippen LogP contribution in [0.3, 0.4) is 0 Å². The van der Waals surface area contributed by atoms with Gasteiger partial charge in [-0.15, -0.1) is 11.3 Å². The van der Waals surface area contributed by atoms with E-state index in [1.807, 2.05) is 11.3 Å². The molecular formula is C15H24OS. The Morgan fingerprint density at radius 1 is 1.35 bits per heavy atom. The molecule has 2 rings (SSSR count). The first-order valence-electron chi connectivity index (χ1n) is 6.94. The van der Waals surface area contributed by atoms with Gasteiger partial charge < -0.3 is 5.11 Å². The van der Waals surface area contributed by atoms with Gasteiger partial charge in [-0.3, -0.25) is 0 Å². The number of thiophene rings is 1. The number of rotatable bonds is 4. The second kappa shape index (κ2) is 6.01. The Morgan fingerprint density at radius 3 is 2.76 bits per heavy atom. The molecule has 0 aliphatic heterocycles. The fourth-order valence-corrected chi connectivity index (χ4v) is 3.93. The average Bonchev–Trinajstić information content (AvgIpc) is 2.77. The number of aliphatic hydroxyl groups excluding tert-OH is 1. The lowest BCUT2D eigenvalue weighted by atomic mass is 9.79. The first kappa shape index (κ1) is 13.1. The van der Waals surface area contributed by atoms with Crippen molar-refractivity contribution in [1.29, 1.82) is 0 Å². The van der Waals surface area contributed by atoms with Crippen LogP contribution in [-0.2, 0) is 12.8 Å². The molecule has 0 amide bonds. The van der Waals surface area contributed by atoms with Crippen molar-refractivity contribution in [3.63, 3.8) is 0 Å². The Hall–Kier alpha value is -0.340. The van der Waals surface area contributed by atoms with E-state index < -0.39 is 0 Å². The molecule has 1 nitrogen and oxygen atoms in total. The highest BCUT2D eigenvalue weighted by Gasteiger charge is 2.25. The van der Waals surface area contributed by atoms with Gasteiger partial charge in [-0.1, -0.05) is 26.7 Å². The van der Waals surface area contributed by atoms with Crippen molar-refractivity contribution in [2.75, 3.05) is 0 Å². The average molecular weight is 252 g/mol. The smallest absolute Gasteiger partial charge is 0.0616 e. The number of aryl methyl sites for hydroxylation is 1. The van der Waals surface area contributed by atoms with Crippen LogP contribution in [-0.4, -0.2) is 11.2 Å². The van der Waals surface area contributed by atoms with E-state index in [1.165, 1.54) is 35.4 Å². The molecule has 0 radical (unpaired) electrons. The topological polar surface area (TPSA) is 20.2 Å². The van der Waals surface area contributed by atoms with Gasteiger partial charge >= 0.3 is 0 Å². The fourth-order valence-electron chi connectivity index (χ4n) is 2.93. The van der Waals surface area contributed by atoms with E-state index in [2.05, 4.69) is 26.0 Å². The third-order valence-corrected chi connectivity index (χ3v) is 5.25. The summed E-state index contributed by atoms with van der Waals surface area (Å²) in [5.41, 5.74) is 0. The fraction of sp³-hybridized carbons (Fsp3) is 0.733. The SMILES string of the molecule is CCc1ccc(CC(O)C2CCCC(C)C2)s1. The van der Waals surface area contributed by atoms with E-state index in [1.54, 1.807) is 0 Å². The van der Waals surface area contributed by atoms with Gasteiger partial charge in [-0.2, -0.15) is 0 Å². The summed E-state index contributed by atoms with van der Waals surface area (Å²) in [6, 6.07) is 4.40. The van der Waals surface area contributed by atoms with Crippen molar-refractivity contribution >= 4 is 11.3 Å². The third-order valence-electron chi connectivity index (χ3n) is 4.00. The van der Waals surface area contributed by atoms with Gasteiger partial charge in [0, 0.05) is 16.2 Å². The van der Waals surface area contributed by atoms with Crippen molar-refractivity contribution in [3.05, 3.63) is 21.9 Å². The minimum Gasteiger partial charge on any atom is -0.392 e. The summed E-state index contributed by atoms with van der Waals surface area (Å²) in [7, 11) is 0. The maximum Gasteiger partial charge on any atom is 0.0616 e. The van der Waals surface area contributed by atoms with Crippen molar-refractivity contribution in [2.24, 2.45) is 11.8 Å². The van der Waals surface area contributed by atoms with E-state index in [9.17, 15) is 5.11 Å². The van der Waals surface area contributed by atoms with Crippen molar-refractivity contribution in [1.82, 2.24) is 0 Å². The van der Waals surface area contributed by atoms with Crippen LogP contribution in [0.2, 0.25) is 0 Å². The lowest BCUT2D eigenvalue weighted by Gasteiger charge is -2.30. The molecule has 1 aliphatic carbocycles. The molecule has 1 aromatic rings. The molecule has 3 unspecified atom stereocenters. The molecule has 1 saturated carbocycles. The van der Waals surface area contributed by atoms with Crippen LogP contribution in [0.15, 0.2) is 12.1 Å². The summed E-state index contributed by atoms with van der Waals surface area (Å²) in [5.74, 6) is 1.34. The first-order valence-corrected chi connectivity index (χ1v) is 7.76. The van der Waals surface area contributed by atoms with Crippen molar-refractivity contribution in [3.8, 4) is 0 Å². The van der Waals surface area contributed by atoms with E-state index in [0.29, 0.717) is 5.92 Å². The Kier molecular flexibility index (Phi) is 4.63. The zero-order chi connectivity index (χ0) is 12.3. The second-order valence-electron chi connectivity index (χ2n) is 5.52. The molecular weight excluding hydrogens is 228 g/mol. The van der Waals surface area contributed by atoms with Crippen LogP contribution >= 0.6 is 11.3 Å². The first-order chi connectivity index (χ1) is 8.19. The van der Waals surface area contributed by atoms with Crippen LogP contribution in [0.4, 0.5) is 0 Å². The molecule has 1 aliphatic rings.